The van der Waals surface area contributed by atoms with Crippen molar-refractivity contribution in [2.45, 2.75) is 63.9 Å². The van der Waals surface area contributed by atoms with Crippen LogP contribution < -0.4 is 0 Å². The number of ketones is 1. The molecule has 0 radical (unpaired) electrons. The molecule has 0 heterocycles. The van der Waals surface area contributed by atoms with Crippen LogP contribution in [0.25, 0.3) is 0 Å². The highest BCUT2D eigenvalue weighted by molar-refractivity contribution is 5.99. The Balaban J connectivity index is 1.81. The van der Waals surface area contributed by atoms with Crippen LogP contribution in [-0.2, 0) is 16.0 Å². The number of methoxy groups -OCH3 is 1. The van der Waals surface area contributed by atoms with E-state index in [1.54, 1.807) is 7.11 Å². The molecule has 0 saturated heterocycles. The summed E-state index contributed by atoms with van der Waals surface area (Å²) in [7, 11) is 1.74. The molecule has 0 fully saturated rings. The van der Waals surface area contributed by atoms with Gasteiger partial charge < -0.3 is 9.84 Å². The number of benzene rings is 1. The fourth-order valence-corrected chi connectivity index (χ4v) is 3.43. The van der Waals surface area contributed by atoms with E-state index in [0.29, 0.717) is 0 Å². The average molecular weight is 330 g/mol. The second-order valence-electron chi connectivity index (χ2n) is 6.64. The summed E-state index contributed by atoms with van der Waals surface area (Å²) >= 11 is 0. The van der Waals surface area contributed by atoms with Crippen LogP contribution in [0.1, 0.15) is 56.9 Å². The third-order valence-corrected chi connectivity index (χ3v) is 4.81. The van der Waals surface area contributed by atoms with Gasteiger partial charge in [-0.05, 0) is 48.8 Å². The summed E-state index contributed by atoms with van der Waals surface area (Å²) in [4.78, 5) is 12.2. The van der Waals surface area contributed by atoms with E-state index in [-0.39, 0.29) is 12.2 Å². The molecule has 1 aliphatic carbocycles. The van der Waals surface area contributed by atoms with E-state index < -0.39 is 6.10 Å². The molecule has 0 amide bonds. The molecule has 1 aromatic carbocycles. The number of hydrogen-bond donors (Lipinski definition) is 1. The summed E-state index contributed by atoms with van der Waals surface area (Å²) in [6.45, 7) is 0.835. The lowest BCUT2D eigenvalue weighted by molar-refractivity contribution is -0.115. The SMILES string of the molecule is COCCCCCCCC1=C(CCc2ccccc2)C(=O)CC1O. The highest BCUT2D eigenvalue weighted by Gasteiger charge is 2.29. The molecule has 0 saturated carbocycles. The van der Waals surface area contributed by atoms with Crippen molar-refractivity contribution in [3.63, 3.8) is 0 Å². The molecule has 1 unspecified atom stereocenters. The molecule has 0 spiro atoms. The second-order valence-corrected chi connectivity index (χ2v) is 6.64. The highest BCUT2D eigenvalue weighted by atomic mass is 16.5. The van der Waals surface area contributed by atoms with Crippen LogP contribution in [0, 0.1) is 0 Å². The lowest BCUT2D eigenvalue weighted by atomic mass is 9.97. The Morgan fingerprint density at radius 3 is 2.46 bits per heavy atom. The first-order valence-electron chi connectivity index (χ1n) is 9.18. The monoisotopic (exact) mass is 330 g/mol. The zero-order valence-electron chi connectivity index (χ0n) is 14.8. The minimum Gasteiger partial charge on any atom is -0.388 e. The Morgan fingerprint density at radius 2 is 1.71 bits per heavy atom. The molecular formula is C21H30O3. The van der Waals surface area contributed by atoms with Crippen molar-refractivity contribution in [2.75, 3.05) is 13.7 Å². The van der Waals surface area contributed by atoms with Gasteiger partial charge in [0.05, 0.1) is 6.10 Å². The van der Waals surface area contributed by atoms with Crippen molar-refractivity contribution in [2.24, 2.45) is 0 Å². The van der Waals surface area contributed by atoms with Gasteiger partial charge in [0, 0.05) is 20.1 Å². The topological polar surface area (TPSA) is 46.5 Å². The van der Waals surface area contributed by atoms with Crippen molar-refractivity contribution in [1.82, 2.24) is 0 Å². The first-order chi connectivity index (χ1) is 11.7. The maximum Gasteiger partial charge on any atom is 0.161 e. The van der Waals surface area contributed by atoms with Crippen molar-refractivity contribution >= 4 is 5.78 Å². The van der Waals surface area contributed by atoms with E-state index in [1.165, 1.54) is 18.4 Å². The molecule has 3 nitrogen and oxygen atoms in total. The van der Waals surface area contributed by atoms with Crippen LogP contribution in [0.4, 0.5) is 0 Å². The van der Waals surface area contributed by atoms with Crippen LogP contribution in [0.15, 0.2) is 41.5 Å². The minimum absolute atomic E-state index is 0.147. The van der Waals surface area contributed by atoms with E-state index in [1.807, 2.05) is 18.2 Å². The number of carbonyl (C=O) groups excluding carboxylic acids is 1. The predicted molar refractivity (Wildman–Crippen MR) is 97.0 cm³/mol. The van der Waals surface area contributed by atoms with Gasteiger partial charge in [0.25, 0.3) is 0 Å². The van der Waals surface area contributed by atoms with Gasteiger partial charge in [-0.2, -0.15) is 0 Å². The normalized spacial score (nSPS) is 17.8. The molecule has 0 bridgehead atoms. The van der Waals surface area contributed by atoms with Gasteiger partial charge in [-0.15, -0.1) is 0 Å². The number of aliphatic hydroxyl groups is 1. The average Bonchev–Trinajstić information content (AvgIpc) is 2.86. The molecule has 2 rings (SSSR count). The molecular weight excluding hydrogens is 300 g/mol. The fraction of sp³-hybridized carbons (Fsp3) is 0.571. The molecule has 1 aliphatic rings. The van der Waals surface area contributed by atoms with Crippen molar-refractivity contribution in [1.29, 1.82) is 0 Å². The molecule has 24 heavy (non-hydrogen) atoms. The maximum absolute atomic E-state index is 12.2. The maximum atomic E-state index is 12.2. The van der Waals surface area contributed by atoms with E-state index in [4.69, 9.17) is 4.74 Å². The molecule has 132 valence electrons. The van der Waals surface area contributed by atoms with Crippen LogP contribution in [-0.4, -0.2) is 30.7 Å². The molecule has 1 aromatic rings. The lowest BCUT2D eigenvalue weighted by Crippen LogP contribution is -2.06. The molecule has 0 aromatic heterocycles. The quantitative estimate of drug-likeness (QED) is 0.617. The van der Waals surface area contributed by atoms with Gasteiger partial charge in [-0.1, -0.05) is 49.6 Å². The van der Waals surface area contributed by atoms with Crippen LogP contribution in [0.2, 0.25) is 0 Å². The summed E-state index contributed by atoms with van der Waals surface area (Å²) in [5.74, 6) is 0.147. The smallest absolute Gasteiger partial charge is 0.161 e. The van der Waals surface area contributed by atoms with Gasteiger partial charge in [0.15, 0.2) is 5.78 Å². The van der Waals surface area contributed by atoms with E-state index in [9.17, 15) is 9.90 Å². The number of carbonyl (C=O) groups is 1. The van der Waals surface area contributed by atoms with Crippen molar-refractivity contribution < 1.29 is 14.6 Å². The molecule has 0 aliphatic heterocycles. The zero-order valence-corrected chi connectivity index (χ0v) is 14.8. The van der Waals surface area contributed by atoms with Gasteiger partial charge in [-0.3, -0.25) is 4.79 Å². The molecule has 1 N–H and O–H groups in total. The standard InChI is InChI=1S/C21H30O3/c1-24-15-9-4-2-3-8-12-18-19(21(23)16-20(18)22)14-13-17-10-6-5-7-11-17/h5-7,10-11,20,22H,2-4,8-9,12-16H2,1H3. The van der Waals surface area contributed by atoms with Gasteiger partial charge in [0.2, 0.25) is 0 Å². The Bertz CT molecular complexity index is 533. The van der Waals surface area contributed by atoms with Gasteiger partial charge in [0.1, 0.15) is 0 Å². The number of hydrogen-bond acceptors (Lipinski definition) is 3. The molecule has 3 heteroatoms. The van der Waals surface area contributed by atoms with Crippen LogP contribution in [0.5, 0.6) is 0 Å². The number of allylic oxidation sites excluding steroid dienone is 1. The van der Waals surface area contributed by atoms with E-state index >= 15 is 0 Å². The Hall–Kier alpha value is -1.45. The largest absolute Gasteiger partial charge is 0.388 e. The Kier molecular flexibility index (Phi) is 8.20. The number of Topliss-reactive ketones (excluding diaryl/α,β-unsaturated/α-hetero) is 1. The number of unbranched alkanes of at least 4 members (excludes halogenated alkanes) is 4. The summed E-state index contributed by atoms with van der Waals surface area (Å²) in [5, 5.41) is 10.2. The summed E-state index contributed by atoms with van der Waals surface area (Å²) in [5.41, 5.74) is 3.15. The first kappa shape index (κ1) is 18.9. The van der Waals surface area contributed by atoms with Crippen molar-refractivity contribution in [3.8, 4) is 0 Å². The first-order valence-corrected chi connectivity index (χ1v) is 9.18. The molecule has 1 atom stereocenters. The summed E-state index contributed by atoms with van der Waals surface area (Å²) < 4.78 is 5.05. The number of ether oxygens (including phenoxy) is 1. The van der Waals surface area contributed by atoms with Crippen molar-refractivity contribution in [3.05, 3.63) is 47.0 Å². The number of rotatable bonds is 11. The van der Waals surface area contributed by atoms with E-state index in [0.717, 1.165) is 56.3 Å². The lowest BCUT2D eigenvalue weighted by Gasteiger charge is -2.10. The van der Waals surface area contributed by atoms with Gasteiger partial charge in [-0.25, -0.2) is 0 Å². The number of aliphatic hydroxyl groups excluding tert-OH is 1. The second kappa shape index (κ2) is 10.4. The third kappa shape index (κ3) is 5.88. The minimum atomic E-state index is -0.545. The Morgan fingerprint density at radius 1 is 1.00 bits per heavy atom. The van der Waals surface area contributed by atoms with Gasteiger partial charge >= 0.3 is 0 Å². The summed E-state index contributed by atoms with van der Waals surface area (Å²) in [6.07, 6.45) is 7.93. The third-order valence-electron chi connectivity index (χ3n) is 4.81. The highest BCUT2D eigenvalue weighted by Crippen LogP contribution is 2.31. The van der Waals surface area contributed by atoms with E-state index in [2.05, 4.69) is 12.1 Å². The fourth-order valence-electron chi connectivity index (χ4n) is 3.43. The predicted octanol–water partition coefficient (Wildman–Crippen LogP) is 4.24. The summed E-state index contributed by atoms with van der Waals surface area (Å²) in [6, 6.07) is 10.2. The number of aryl methyl sites for hydroxylation is 1. The Labute approximate surface area is 145 Å². The van der Waals surface area contributed by atoms with Crippen LogP contribution >= 0.6 is 0 Å². The van der Waals surface area contributed by atoms with Crippen LogP contribution in [0.3, 0.4) is 0 Å². The zero-order chi connectivity index (χ0) is 17.2.